The summed E-state index contributed by atoms with van der Waals surface area (Å²) in [6, 6.07) is 3.65. The average Bonchev–Trinajstić information content (AvgIpc) is 2.70. The summed E-state index contributed by atoms with van der Waals surface area (Å²) in [5.74, 6) is -0.532. The number of benzene rings is 1. The van der Waals surface area contributed by atoms with Crippen LogP contribution in [0, 0.1) is 5.82 Å². The van der Waals surface area contributed by atoms with Crippen molar-refractivity contribution in [1.82, 2.24) is 15.0 Å². The first-order valence-corrected chi connectivity index (χ1v) is 4.42. The maximum Gasteiger partial charge on any atom is 0.254 e. The van der Waals surface area contributed by atoms with Gasteiger partial charge in [0.15, 0.2) is 0 Å². The Labute approximate surface area is 89.3 Å². The van der Waals surface area contributed by atoms with E-state index in [1.54, 1.807) is 0 Å². The number of hydrogen-bond donors (Lipinski definition) is 0. The molecule has 15 heavy (non-hydrogen) atoms. The second kappa shape index (κ2) is 3.78. The van der Waals surface area contributed by atoms with Crippen molar-refractivity contribution in [3.8, 4) is 5.69 Å². The molecule has 2 rings (SSSR count). The van der Waals surface area contributed by atoms with Crippen LogP contribution in [0.3, 0.4) is 0 Å². The molecule has 0 aliphatic rings. The van der Waals surface area contributed by atoms with E-state index in [0.717, 1.165) is 6.07 Å². The van der Waals surface area contributed by atoms with Crippen LogP contribution in [0.5, 0.6) is 0 Å². The Balaban J connectivity index is 2.61. The molecule has 0 radical (unpaired) electrons. The molecule has 0 atom stereocenters. The molecule has 2 aromatic rings. The maximum absolute atomic E-state index is 12.9. The zero-order chi connectivity index (χ0) is 10.8. The molecular formula is C9H5ClFN3O. The molecular weight excluding hydrogens is 221 g/mol. The summed E-state index contributed by atoms with van der Waals surface area (Å²) in [5, 5.41) is 6.91. The second-order valence-corrected chi connectivity index (χ2v) is 3.10. The summed E-state index contributed by atoms with van der Waals surface area (Å²) in [7, 11) is 0. The minimum atomic E-state index is -0.748. The van der Waals surface area contributed by atoms with Crippen molar-refractivity contribution < 1.29 is 9.18 Å². The summed E-state index contributed by atoms with van der Waals surface area (Å²) >= 11 is 5.32. The fraction of sp³-hybridized carbons (Fsp3) is 0. The summed E-state index contributed by atoms with van der Waals surface area (Å²) in [6.07, 6.45) is 2.90. The molecule has 4 nitrogen and oxygen atoms in total. The molecule has 0 spiro atoms. The summed E-state index contributed by atoms with van der Waals surface area (Å²) in [4.78, 5) is 12.2. The maximum atomic E-state index is 12.9. The Hall–Kier alpha value is -1.75. The van der Waals surface area contributed by atoms with Crippen molar-refractivity contribution >= 4 is 16.8 Å². The third kappa shape index (κ3) is 1.87. The number of hydrogen-bond acceptors (Lipinski definition) is 3. The van der Waals surface area contributed by atoms with Crippen LogP contribution in [0.1, 0.15) is 10.4 Å². The Morgan fingerprint density at radius 1 is 1.33 bits per heavy atom. The summed E-state index contributed by atoms with van der Waals surface area (Å²) < 4.78 is 12.9. The highest BCUT2D eigenvalue weighted by Crippen LogP contribution is 2.16. The van der Waals surface area contributed by atoms with E-state index < -0.39 is 11.1 Å². The van der Waals surface area contributed by atoms with E-state index in [2.05, 4.69) is 10.2 Å². The molecule has 0 N–H and O–H groups in total. The first kappa shape index (κ1) is 9.79. The van der Waals surface area contributed by atoms with Crippen molar-refractivity contribution in [2.24, 2.45) is 0 Å². The van der Waals surface area contributed by atoms with Crippen molar-refractivity contribution in [2.75, 3.05) is 0 Å². The minimum Gasteiger partial charge on any atom is -0.276 e. The Kier molecular flexibility index (Phi) is 2.47. The van der Waals surface area contributed by atoms with Crippen molar-refractivity contribution in [3.05, 3.63) is 42.0 Å². The number of nitrogens with zero attached hydrogens (tertiary/aromatic N) is 3. The van der Waals surface area contributed by atoms with Gasteiger partial charge in [-0.1, -0.05) is 0 Å². The molecule has 1 aromatic carbocycles. The van der Waals surface area contributed by atoms with Gasteiger partial charge in [0, 0.05) is 0 Å². The number of carbonyl (C=O) groups is 1. The number of halogens is 2. The van der Waals surface area contributed by atoms with E-state index >= 15 is 0 Å². The highest BCUT2D eigenvalue weighted by Gasteiger charge is 2.12. The lowest BCUT2D eigenvalue weighted by Crippen LogP contribution is -2.05. The Morgan fingerprint density at radius 2 is 2.00 bits per heavy atom. The van der Waals surface area contributed by atoms with Crippen LogP contribution in [0.4, 0.5) is 4.39 Å². The molecule has 6 heteroatoms. The molecule has 1 heterocycles. The zero-order valence-electron chi connectivity index (χ0n) is 7.39. The largest absolute Gasteiger partial charge is 0.276 e. The predicted octanol–water partition coefficient (Wildman–Crippen LogP) is 1.79. The van der Waals surface area contributed by atoms with E-state index in [0.29, 0.717) is 5.69 Å². The second-order valence-electron chi connectivity index (χ2n) is 2.75. The molecule has 0 saturated heterocycles. The van der Waals surface area contributed by atoms with Gasteiger partial charge in [-0.3, -0.25) is 4.79 Å². The van der Waals surface area contributed by atoms with Crippen LogP contribution in [0.2, 0.25) is 0 Å². The van der Waals surface area contributed by atoms with Crippen LogP contribution in [0.25, 0.3) is 5.69 Å². The molecule has 0 aliphatic heterocycles. The van der Waals surface area contributed by atoms with Gasteiger partial charge in [-0.2, -0.15) is 15.0 Å². The molecule has 0 fully saturated rings. The lowest BCUT2D eigenvalue weighted by molar-refractivity contribution is 0.108. The Morgan fingerprint density at radius 3 is 2.60 bits per heavy atom. The molecule has 0 aliphatic carbocycles. The van der Waals surface area contributed by atoms with Gasteiger partial charge in [0.05, 0.1) is 23.6 Å². The molecule has 0 unspecified atom stereocenters. The molecule has 0 amide bonds. The van der Waals surface area contributed by atoms with Crippen LogP contribution in [-0.4, -0.2) is 20.2 Å². The monoisotopic (exact) mass is 225 g/mol. The number of aromatic nitrogens is 3. The van der Waals surface area contributed by atoms with Gasteiger partial charge in [0.25, 0.3) is 5.24 Å². The minimum absolute atomic E-state index is 0.0351. The van der Waals surface area contributed by atoms with Crippen molar-refractivity contribution in [3.63, 3.8) is 0 Å². The summed E-state index contributed by atoms with van der Waals surface area (Å²) in [6.45, 7) is 0. The lowest BCUT2D eigenvalue weighted by Gasteiger charge is -2.04. The van der Waals surface area contributed by atoms with Gasteiger partial charge >= 0.3 is 0 Å². The standard InChI is InChI=1S/C9H5ClFN3O/c10-9(15)7-5-6(11)1-2-8(7)14-12-3-4-13-14/h1-5H. The molecule has 0 saturated carbocycles. The van der Waals surface area contributed by atoms with Crippen LogP contribution in [0.15, 0.2) is 30.6 Å². The fourth-order valence-corrected chi connectivity index (χ4v) is 1.33. The van der Waals surface area contributed by atoms with Gasteiger partial charge in [0.2, 0.25) is 0 Å². The van der Waals surface area contributed by atoms with Gasteiger partial charge in [-0.25, -0.2) is 4.39 Å². The third-order valence-corrected chi connectivity index (χ3v) is 2.01. The van der Waals surface area contributed by atoms with E-state index in [4.69, 9.17) is 11.6 Å². The van der Waals surface area contributed by atoms with E-state index in [9.17, 15) is 9.18 Å². The highest BCUT2D eigenvalue weighted by atomic mass is 35.5. The fourth-order valence-electron chi connectivity index (χ4n) is 1.18. The van der Waals surface area contributed by atoms with Gasteiger partial charge in [0.1, 0.15) is 5.82 Å². The SMILES string of the molecule is O=C(Cl)c1cc(F)ccc1-n1nccn1. The van der Waals surface area contributed by atoms with Gasteiger partial charge < -0.3 is 0 Å². The van der Waals surface area contributed by atoms with Crippen molar-refractivity contribution in [2.45, 2.75) is 0 Å². The summed E-state index contributed by atoms with van der Waals surface area (Å²) in [5.41, 5.74) is 0.384. The Bertz CT molecular complexity index is 498. The van der Waals surface area contributed by atoms with Gasteiger partial charge in [-0.05, 0) is 29.8 Å². The van der Waals surface area contributed by atoms with Crippen LogP contribution < -0.4 is 0 Å². The first-order chi connectivity index (χ1) is 7.18. The topological polar surface area (TPSA) is 47.8 Å². The van der Waals surface area contributed by atoms with E-state index in [1.807, 2.05) is 0 Å². The van der Waals surface area contributed by atoms with E-state index in [1.165, 1.54) is 29.3 Å². The quantitative estimate of drug-likeness (QED) is 0.732. The molecule has 76 valence electrons. The van der Waals surface area contributed by atoms with Crippen LogP contribution in [-0.2, 0) is 0 Å². The van der Waals surface area contributed by atoms with Crippen molar-refractivity contribution in [1.29, 1.82) is 0 Å². The molecule has 0 bridgehead atoms. The van der Waals surface area contributed by atoms with Gasteiger partial charge in [-0.15, -0.1) is 0 Å². The normalized spacial score (nSPS) is 10.3. The zero-order valence-corrected chi connectivity index (χ0v) is 8.15. The highest BCUT2D eigenvalue weighted by molar-refractivity contribution is 6.68. The van der Waals surface area contributed by atoms with E-state index in [-0.39, 0.29) is 5.56 Å². The van der Waals surface area contributed by atoms with Crippen LogP contribution >= 0.6 is 11.6 Å². The lowest BCUT2D eigenvalue weighted by atomic mass is 10.2. The number of rotatable bonds is 2. The third-order valence-electron chi connectivity index (χ3n) is 1.80. The number of carbonyl (C=O) groups excluding carboxylic acids is 1. The first-order valence-electron chi connectivity index (χ1n) is 4.04. The predicted molar refractivity (Wildman–Crippen MR) is 51.5 cm³/mol. The molecule has 1 aromatic heterocycles. The smallest absolute Gasteiger partial charge is 0.254 e. The average molecular weight is 226 g/mol.